The average molecular weight is 466 g/mol. The summed E-state index contributed by atoms with van der Waals surface area (Å²) in [5.74, 6) is 2.10. The van der Waals surface area contributed by atoms with Gasteiger partial charge in [-0.3, -0.25) is 9.59 Å². The third-order valence-corrected chi connectivity index (χ3v) is 7.51. The number of amides is 2. The maximum Gasteiger partial charge on any atom is 0.221 e. The molecule has 0 radical (unpaired) electrons. The molecule has 0 aromatic carbocycles. The Labute approximate surface area is 202 Å². The Morgan fingerprint density at radius 3 is 1.82 bits per heavy atom. The van der Waals surface area contributed by atoms with Crippen molar-refractivity contribution in [3.05, 3.63) is 0 Å². The molecule has 192 valence electrons. The molecule has 2 rings (SSSR count). The van der Waals surface area contributed by atoms with Crippen molar-refractivity contribution < 1.29 is 9.59 Å². The van der Waals surface area contributed by atoms with E-state index in [2.05, 4.69) is 32.7 Å². The highest BCUT2D eigenvalue weighted by Crippen LogP contribution is 2.27. The lowest BCUT2D eigenvalue weighted by atomic mass is 9.87. The molecule has 0 atom stereocenters. The van der Waals surface area contributed by atoms with E-state index in [9.17, 15) is 9.59 Å². The first-order chi connectivity index (χ1) is 16.1. The van der Waals surface area contributed by atoms with Crippen molar-refractivity contribution in [1.29, 1.82) is 0 Å². The number of carbonyl (C=O) groups is 2. The van der Waals surface area contributed by atoms with Crippen molar-refractivity contribution in [1.82, 2.24) is 25.8 Å². The molecule has 2 aliphatic heterocycles. The van der Waals surface area contributed by atoms with E-state index >= 15 is 0 Å². The van der Waals surface area contributed by atoms with Crippen molar-refractivity contribution >= 4 is 11.8 Å². The molecule has 2 amide bonds. The topological polar surface area (TPSA) is 76.7 Å². The van der Waals surface area contributed by atoms with Gasteiger partial charge in [0.05, 0.1) is 0 Å². The smallest absolute Gasteiger partial charge is 0.221 e. The van der Waals surface area contributed by atoms with Gasteiger partial charge in [0.15, 0.2) is 0 Å². The van der Waals surface area contributed by atoms with Gasteiger partial charge in [-0.15, -0.1) is 0 Å². The molecule has 0 aliphatic carbocycles. The Hall–Kier alpha value is -1.18. The van der Waals surface area contributed by atoms with Gasteiger partial charge < -0.3 is 25.8 Å². The molecule has 0 spiro atoms. The van der Waals surface area contributed by atoms with Gasteiger partial charge in [-0.25, -0.2) is 0 Å². The van der Waals surface area contributed by atoms with Crippen LogP contribution < -0.4 is 16.0 Å². The summed E-state index contributed by atoms with van der Waals surface area (Å²) in [5, 5.41) is 9.14. The normalized spacial score (nSPS) is 19.0. The number of hydrogen-bond acceptors (Lipinski definition) is 5. The zero-order chi connectivity index (χ0) is 23.7. The molecule has 33 heavy (non-hydrogen) atoms. The Morgan fingerprint density at radius 2 is 1.30 bits per heavy atom. The number of carbonyl (C=O) groups excluding carboxylic acids is 2. The highest BCUT2D eigenvalue weighted by atomic mass is 16.2. The minimum atomic E-state index is 0.150. The molecule has 0 unspecified atom stereocenters. The lowest BCUT2D eigenvalue weighted by Gasteiger charge is -2.33. The zero-order valence-electron chi connectivity index (χ0n) is 21.5. The molecular formula is C26H51N5O2. The van der Waals surface area contributed by atoms with Crippen LogP contribution in [0.2, 0.25) is 0 Å². The van der Waals surface area contributed by atoms with Crippen LogP contribution in [0.1, 0.15) is 77.6 Å². The summed E-state index contributed by atoms with van der Waals surface area (Å²) in [6, 6.07) is 0. The summed E-state index contributed by atoms with van der Waals surface area (Å²) < 4.78 is 0. The second-order valence-corrected chi connectivity index (χ2v) is 10.1. The van der Waals surface area contributed by atoms with Crippen molar-refractivity contribution in [3.63, 3.8) is 0 Å². The van der Waals surface area contributed by atoms with Crippen LogP contribution in [0.15, 0.2) is 0 Å². The molecule has 3 N–H and O–H groups in total. The number of nitrogens with zero attached hydrogens (tertiary/aromatic N) is 2. The molecule has 0 saturated carbocycles. The van der Waals surface area contributed by atoms with Gasteiger partial charge in [-0.05, 0) is 89.6 Å². The van der Waals surface area contributed by atoms with E-state index in [0.717, 1.165) is 83.6 Å². The number of piperidine rings is 2. The Balaban J connectivity index is 1.43. The first-order valence-corrected chi connectivity index (χ1v) is 13.7. The largest absolute Gasteiger partial charge is 0.359 e. The Kier molecular flexibility index (Phi) is 14.7. The lowest BCUT2D eigenvalue weighted by molar-refractivity contribution is -0.122. The maximum absolute atomic E-state index is 12.1. The second kappa shape index (κ2) is 17.3. The first kappa shape index (κ1) is 28.1. The van der Waals surface area contributed by atoms with Crippen LogP contribution in [0.4, 0.5) is 0 Å². The maximum atomic E-state index is 12.1. The average Bonchev–Trinajstić information content (AvgIpc) is 2.85. The minimum absolute atomic E-state index is 0.150. The van der Waals surface area contributed by atoms with Crippen LogP contribution in [-0.2, 0) is 9.59 Å². The fourth-order valence-electron chi connectivity index (χ4n) is 5.17. The fraction of sp³-hybridized carbons (Fsp3) is 0.923. The van der Waals surface area contributed by atoms with Gasteiger partial charge in [-0.2, -0.15) is 0 Å². The predicted molar refractivity (Wildman–Crippen MR) is 136 cm³/mol. The number of rotatable bonds is 16. The lowest BCUT2D eigenvalue weighted by Crippen LogP contribution is -2.37. The summed E-state index contributed by atoms with van der Waals surface area (Å²) >= 11 is 0. The molecule has 2 aliphatic rings. The van der Waals surface area contributed by atoms with Crippen molar-refractivity contribution in [2.75, 3.05) is 66.0 Å². The number of hydrogen-bond donors (Lipinski definition) is 3. The van der Waals surface area contributed by atoms with Crippen LogP contribution >= 0.6 is 0 Å². The summed E-state index contributed by atoms with van der Waals surface area (Å²) in [7, 11) is 1.72. The van der Waals surface area contributed by atoms with E-state index < -0.39 is 0 Å². The van der Waals surface area contributed by atoms with Gasteiger partial charge >= 0.3 is 0 Å². The Bertz CT molecular complexity index is 529. The van der Waals surface area contributed by atoms with E-state index in [1.807, 2.05) is 0 Å². The summed E-state index contributed by atoms with van der Waals surface area (Å²) in [5.41, 5.74) is 0. The molecule has 2 heterocycles. The number of nitrogens with one attached hydrogen (secondary N) is 3. The fourth-order valence-corrected chi connectivity index (χ4v) is 5.17. The Morgan fingerprint density at radius 1 is 0.758 bits per heavy atom. The van der Waals surface area contributed by atoms with E-state index in [1.165, 1.54) is 44.9 Å². The van der Waals surface area contributed by atoms with Crippen LogP contribution in [0.5, 0.6) is 0 Å². The molecule has 2 saturated heterocycles. The van der Waals surface area contributed by atoms with Gasteiger partial charge in [0.25, 0.3) is 0 Å². The van der Waals surface area contributed by atoms with Crippen molar-refractivity contribution in [2.45, 2.75) is 77.6 Å². The predicted octanol–water partition coefficient (Wildman–Crippen LogP) is 2.61. The quantitative estimate of drug-likeness (QED) is 0.306. The molecular weight excluding hydrogens is 414 g/mol. The molecule has 2 fully saturated rings. The molecule has 0 bridgehead atoms. The first-order valence-electron chi connectivity index (χ1n) is 13.7. The van der Waals surface area contributed by atoms with E-state index in [0.29, 0.717) is 12.8 Å². The van der Waals surface area contributed by atoms with Gasteiger partial charge in [0.1, 0.15) is 0 Å². The van der Waals surface area contributed by atoms with Crippen LogP contribution in [0, 0.1) is 11.8 Å². The number of likely N-dealkylation sites (tertiary alicyclic amines) is 2. The SMILES string of the molecule is CCCNCCCNC(=O)CCN1CCC(CCCC2CCN(CCC(=O)NC)CC2)CC1. The summed E-state index contributed by atoms with van der Waals surface area (Å²) in [6.07, 6.45) is 12.7. The molecule has 0 aromatic heterocycles. The third kappa shape index (κ3) is 12.7. The third-order valence-electron chi connectivity index (χ3n) is 7.51. The molecule has 0 aromatic rings. The van der Waals surface area contributed by atoms with E-state index in [4.69, 9.17) is 0 Å². The standard InChI is InChI=1S/C26H51N5O2/c1-3-14-28-15-5-16-29-26(33)13-22-31-19-10-24(11-20-31)7-4-6-23-8-17-30(18-9-23)21-12-25(32)27-2/h23-24,28H,3-22H2,1-2H3,(H,27,32)(H,29,33). The van der Waals surface area contributed by atoms with Gasteiger partial charge in [0.2, 0.25) is 11.8 Å². The molecule has 7 nitrogen and oxygen atoms in total. The monoisotopic (exact) mass is 465 g/mol. The minimum Gasteiger partial charge on any atom is -0.359 e. The van der Waals surface area contributed by atoms with E-state index in [-0.39, 0.29) is 11.8 Å². The van der Waals surface area contributed by atoms with Crippen molar-refractivity contribution in [3.8, 4) is 0 Å². The van der Waals surface area contributed by atoms with Crippen LogP contribution in [0.3, 0.4) is 0 Å². The van der Waals surface area contributed by atoms with Crippen LogP contribution in [-0.4, -0.2) is 87.6 Å². The highest BCUT2D eigenvalue weighted by molar-refractivity contribution is 5.76. The summed E-state index contributed by atoms with van der Waals surface area (Å²) in [6.45, 7) is 11.4. The van der Waals surface area contributed by atoms with Gasteiger partial charge in [0, 0.05) is 39.5 Å². The van der Waals surface area contributed by atoms with Crippen molar-refractivity contribution in [2.24, 2.45) is 11.8 Å². The van der Waals surface area contributed by atoms with Crippen LogP contribution in [0.25, 0.3) is 0 Å². The summed E-state index contributed by atoms with van der Waals surface area (Å²) in [4.78, 5) is 28.4. The zero-order valence-corrected chi connectivity index (χ0v) is 21.5. The second-order valence-electron chi connectivity index (χ2n) is 10.1. The van der Waals surface area contributed by atoms with E-state index in [1.54, 1.807) is 7.05 Å². The highest BCUT2D eigenvalue weighted by Gasteiger charge is 2.22. The van der Waals surface area contributed by atoms with Gasteiger partial charge in [-0.1, -0.05) is 26.2 Å². The molecule has 7 heteroatoms.